The van der Waals surface area contributed by atoms with Crippen LogP contribution in [0.15, 0.2) is 53.1 Å². The summed E-state index contributed by atoms with van der Waals surface area (Å²) in [4.78, 5) is 12.6. The zero-order valence-electron chi connectivity index (χ0n) is 17.4. The van der Waals surface area contributed by atoms with Crippen LogP contribution >= 0.6 is 0 Å². The van der Waals surface area contributed by atoms with Crippen LogP contribution in [-0.2, 0) is 4.79 Å². The highest BCUT2D eigenvalue weighted by atomic mass is 16.5. The zero-order valence-corrected chi connectivity index (χ0v) is 17.4. The molecule has 3 rings (SSSR count). The number of rotatable bonds is 9. The SMILES string of the molecule is CCC(Nc1ccc(OC)c(Oc2ccc(OC)cc2)c1)C(=O)Nc1cc(C)on1. The number of carbonyl (C=O) groups is 1. The van der Waals surface area contributed by atoms with Crippen molar-refractivity contribution in [2.45, 2.75) is 26.3 Å². The van der Waals surface area contributed by atoms with Gasteiger partial charge in [0.05, 0.1) is 14.2 Å². The molecule has 0 aliphatic heterocycles. The van der Waals surface area contributed by atoms with Crippen molar-refractivity contribution in [2.24, 2.45) is 0 Å². The molecular weight excluding hydrogens is 386 g/mol. The van der Waals surface area contributed by atoms with Gasteiger partial charge in [0, 0.05) is 17.8 Å². The van der Waals surface area contributed by atoms with E-state index in [9.17, 15) is 4.79 Å². The molecule has 2 N–H and O–H groups in total. The highest BCUT2D eigenvalue weighted by Crippen LogP contribution is 2.34. The van der Waals surface area contributed by atoms with Gasteiger partial charge in [0.2, 0.25) is 5.91 Å². The van der Waals surface area contributed by atoms with Gasteiger partial charge in [0.25, 0.3) is 0 Å². The van der Waals surface area contributed by atoms with Gasteiger partial charge in [0.1, 0.15) is 23.3 Å². The van der Waals surface area contributed by atoms with Crippen molar-refractivity contribution in [1.82, 2.24) is 5.16 Å². The summed E-state index contributed by atoms with van der Waals surface area (Å²) in [5, 5.41) is 9.77. The lowest BCUT2D eigenvalue weighted by Gasteiger charge is -2.18. The maximum Gasteiger partial charge on any atom is 0.248 e. The highest BCUT2D eigenvalue weighted by molar-refractivity contribution is 5.95. The lowest BCUT2D eigenvalue weighted by atomic mass is 10.2. The molecule has 8 heteroatoms. The Morgan fingerprint density at radius 1 is 1.03 bits per heavy atom. The second kappa shape index (κ2) is 9.69. The van der Waals surface area contributed by atoms with Crippen LogP contribution in [-0.4, -0.2) is 31.3 Å². The molecule has 0 radical (unpaired) electrons. The summed E-state index contributed by atoms with van der Waals surface area (Å²) >= 11 is 0. The molecule has 1 heterocycles. The summed E-state index contributed by atoms with van der Waals surface area (Å²) in [5.41, 5.74) is 0.720. The monoisotopic (exact) mass is 411 g/mol. The summed E-state index contributed by atoms with van der Waals surface area (Å²) in [6.07, 6.45) is 0.573. The van der Waals surface area contributed by atoms with Crippen LogP contribution in [0.5, 0.6) is 23.0 Å². The van der Waals surface area contributed by atoms with E-state index in [0.29, 0.717) is 35.2 Å². The van der Waals surface area contributed by atoms with Crippen molar-refractivity contribution in [1.29, 1.82) is 0 Å². The van der Waals surface area contributed by atoms with Crippen LogP contribution in [0.1, 0.15) is 19.1 Å². The van der Waals surface area contributed by atoms with Crippen LogP contribution in [0.4, 0.5) is 11.5 Å². The fourth-order valence-electron chi connectivity index (χ4n) is 2.81. The first-order chi connectivity index (χ1) is 14.5. The Bertz CT molecular complexity index is 985. The predicted octanol–water partition coefficient (Wildman–Crippen LogP) is 4.62. The molecule has 158 valence electrons. The molecule has 30 heavy (non-hydrogen) atoms. The number of anilines is 2. The fraction of sp³-hybridized carbons (Fsp3) is 0.273. The molecular formula is C22H25N3O5. The molecule has 2 aromatic carbocycles. The summed E-state index contributed by atoms with van der Waals surface area (Å²) in [5.74, 6) is 3.28. The molecule has 1 unspecified atom stereocenters. The minimum Gasteiger partial charge on any atom is -0.497 e. The summed E-state index contributed by atoms with van der Waals surface area (Å²) in [6, 6.07) is 13.8. The molecule has 0 spiro atoms. The van der Waals surface area contributed by atoms with Gasteiger partial charge in [-0.2, -0.15) is 0 Å². The van der Waals surface area contributed by atoms with E-state index in [1.165, 1.54) is 0 Å². The average Bonchev–Trinajstić information content (AvgIpc) is 3.17. The van der Waals surface area contributed by atoms with E-state index in [2.05, 4.69) is 15.8 Å². The van der Waals surface area contributed by atoms with E-state index in [4.69, 9.17) is 18.7 Å². The summed E-state index contributed by atoms with van der Waals surface area (Å²) < 4.78 is 21.5. The number of carbonyl (C=O) groups excluding carboxylic acids is 1. The molecule has 3 aromatic rings. The van der Waals surface area contributed by atoms with Gasteiger partial charge in [-0.15, -0.1) is 0 Å². The molecule has 0 bridgehead atoms. The molecule has 1 atom stereocenters. The van der Waals surface area contributed by atoms with Crippen LogP contribution in [0.25, 0.3) is 0 Å². The predicted molar refractivity (Wildman–Crippen MR) is 114 cm³/mol. The number of benzene rings is 2. The van der Waals surface area contributed by atoms with E-state index in [-0.39, 0.29) is 5.91 Å². The maximum absolute atomic E-state index is 12.6. The maximum atomic E-state index is 12.6. The number of amides is 1. The number of hydrogen-bond donors (Lipinski definition) is 2. The molecule has 0 aliphatic carbocycles. The minimum atomic E-state index is -0.468. The van der Waals surface area contributed by atoms with E-state index < -0.39 is 6.04 Å². The fourth-order valence-corrected chi connectivity index (χ4v) is 2.81. The van der Waals surface area contributed by atoms with E-state index in [1.54, 1.807) is 51.5 Å². The number of nitrogens with one attached hydrogen (secondary N) is 2. The topological polar surface area (TPSA) is 94.8 Å². The lowest BCUT2D eigenvalue weighted by molar-refractivity contribution is -0.117. The van der Waals surface area contributed by atoms with Crippen molar-refractivity contribution in [2.75, 3.05) is 24.9 Å². The Morgan fingerprint density at radius 3 is 2.37 bits per heavy atom. The minimum absolute atomic E-state index is 0.209. The van der Waals surface area contributed by atoms with Gasteiger partial charge in [-0.1, -0.05) is 12.1 Å². The van der Waals surface area contributed by atoms with Crippen molar-refractivity contribution >= 4 is 17.4 Å². The van der Waals surface area contributed by atoms with Crippen molar-refractivity contribution in [3.05, 3.63) is 54.3 Å². The van der Waals surface area contributed by atoms with Crippen molar-refractivity contribution in [3.63, 3.8) is 0 Å². The quantitative estimate of drug-likeness (QED) is 0.530. The zero-order chi connectivity index (χ0) is 21.5. The first kappa shape index (κ1) is 21.0. The van der Waals surface area contributed by atoms with Crippen LogP contribution in [0.3, 0.4) is 0 Å². The van der Waals surface area contributed by atoms with Crippen molar-refractivity contribution in [3.8, 4) is 23.0 Å². The Balaban J connectivity index is 1.74. The number of methoxy groups -OCH3 is 2. The third-order valence-corrected chi connectivity index (χ3v) is 4.40. The van der Waals surface area contributed by atoms with Gasteiger partial charge in [-0.3, -0.25) is 4.79 Å². The van der Waals surface area contributed by atoms with E-state index >= 15 is 0 Å². The van der Waals surface area contributed by atoms with Gasteiger partial charge < -0.3 is 29.4 Å². The first-order valence-electron chi connectivity index (χ1n) is 9.53. The number of aromatic nitrogens is 1. The molecule has 1 amide bonds. The number of ether oxygens (including phenoxy) is 3. The molecule has 0 fully saturated rings. The normalized spacial score (nSPS) is 11.5. The summed E-state index contributed by atoms with van der Waals surface area (Å²) in [6.45, 7) is 3.68. The molecule has 0 aliphatic rings. The van der Waals surface area contributed by atoms with Crippen LogP contribution in [0, 0.1) is 6.92 Å². The second-order valence-electron chi connectivity index (χ2n) is 6.56. The molecule has 0 saturated heterocycles. The molecule has 0 saturated carbocycles. The van der Waals surface area contributed by atoms with Gasteiger partial charge in [-0.25, -0.2) is 0 Å². The molecule has 1 aromatic heterocycles. The van der Waals surface area contributed by atoms with E-state index in [0.717, 1.165) is 11.4 Å². The van der Waals surface area contributed by atoms with Gasteiger partial charge >= 0.3 is 0 Å². The standard InChI is InChI=1S/C22H25N3O5/c1-5-18(22(26)24-21-12-14(2)30-25-21)23-15-6-11-19(28-4)20(13-15)29-17-9-7-16(27-3)8-10-17/h6-13,18,23H,5H2,1-4H3,(H,24,25,26). The second-order valence-corrected chi connectivity index (χ2v) is 6.56. The number of aryl methyl sites for hydroxylation is 1. The lowest BCUT2D eigenvalue weighted by Crippen LogP contribution is -2.34. The third-order valence-electron chi connectivity index (χ3n) is 4.40. The van der Waals surface area contributed by atoms with Gasteiger partial charge in [-0.05, 0) is 49.7 Å². The smallest absolute Gasteiger partial charge is 0.248 e. The Morgan fingerprint density at radius 2 is 1.77 bits per heavy atom. The van der Waals surface area contributed by atoms with E-state index in [1.807, 2.05) is 25.1 Å². The Labute approximate surface area is 175 Å². The molecule has 8 nitrogen and oxygen atoms in total. The van der Waals surface area contributed by atoms with Crippen molar-refractivity contribution < 1.29 is 23.5 Å². The average molecular weight is 411 g/mol. The van der Waals surface area contributed by atoms with Gasteiger partial charge in [0.15, 0.2) is 17.3 Å². The number of nitrogens with zero attached hydrogens (tertiary/aromatic N) is 1. The van der Waals surface area contributed by atoms with Crippen LogP contribution in [0.2, 0.25) is 0 Å². The number of hydrogen-bond acceptors (Lipinski definition) is 7. The highest BCUT2D eigenvalue weighted by Gasteiger charge is 2.19. The largest absolute Gasteiger partial charge is 0.497 e. The summed E-state index contributed by atoms with van der Waals surface area (Å²) in [7, 11) is 3.18. The third kappa shape index (κ3) is 5.22. The Hall–Kier alpha value is -3.68. The first-order valence-corrected chi connectivity index (χ1v) is 9.53. The van der Waals surface area contributed by atoms with Crippen LogP contribution < -0.4 is 24.8 Å². The Kier molecular flexibility index (Phi) is 6.79.